The number of ether oxygens (including phenoxy) is 1. The first-order chi connectivity index (χ1) is 14.5. The van der Waals surface area contributed by atoms with Gasteiger partial charge in [-0.05, 0) is 36.4 Å². The number of halogens is 1. The molecule has 4 rings (SSSR count). The molecule has 0 radical (unpaired) electrons. The second-order valence-electron chi connectivity index (χ2n) is 6.88. The summed E-state index contributed by atoms with van der Waals surface area (Å²) in [4.78, 5) is 35.6. The Bertz CT molecular complexity index is 1100. The molecule has 0 spiro atoms. The molecule has 3 aromatic rings. The second-order valence-corrected chi connectivity index (χ2v) is 6.88. The molecule has 2 aromatic heterocycles. The van der Waals surface area contributed by atoms with E-state index in [4.69, 9.17) is 4.74 Å². The molecule has 1 N–H and O–H groups in total. The number of anilines is 2. The van der Waals surface area contributed by atoms with Crippen LogP contribution in [0.15, 0.2) is 59.7 Å². The van der Waals surface area contributed by atoms with Crippen molar-refractivity contribution in [3.05, 3.63) is 71.0 Å². The molecule has 1 fully saturated rings. The van der Waals surface area contributed by atoms with Crippen LogP contribution in [-0.2, 0) is 16.6 Å². The molecule has 8 nitrogen and oxygen atoms in total. The quantitative estimate of drug-likeness (QED) is 0.707. The fourth-order valence-electron chi connectivity index (χ4n) is 3.23. The molecule has 0 bridgehead atoms. The summed E-state index contributed by atoms with van der Waals surface area (Å²) in [6.45, 7) is 1.02. The number of nitrogens with zero attached hydrogens (tertiary/aromatic N) is 4. The highest BCUT2D eigenvalue weighted by molar-refractivity contribution is 5.94. The van der Waals surface area contributed by atoms with Gasteiger partial charge in [-0.3, -0.25) is 19.1 Å². The topological polar surface area (TPSA) is 89.3 Å². The monoisotopic (exact) mass is 409 g/mol. The molecular formula is C21H20FN5O3. The lowest BCUT2D eigenvalue weighted by Gasteiger charge is -2.33. The van der Waals surface area contributed by atoms with Gasteiger partial charge in [-0.25, -0.2) is 9.37 Å². The summed E-state index contributed by atoms with van der Waals surface area (Å²) in [5.74, 6) is -0.270. The molecule has 30 heavy (non-hydrogen) atoms. The average Bonchev–Trinajstić information content (AvgIpc) is 2.78. The van der Waals surface area contributed by atoms with E-state index >= 15 is 0 Å². The first-order valence-corrected chi connectivity index (χ1v) is 9.43. The third-order valence-corrected chi connectivity index (χ3v) is 4.84. The van der Waals surface area contributed by atoms with Crippen molar-refractivity contribution in [1.82, 2.24) is 14.5 Å². The molecule has 1 saturated heterocycles. The van der Waals surface area contributed by atoms with E-state index in [9.17, 15) is 14.0 Å². The average molecular weight is 409 g/mol. The highest BCUT2D eigenvalue weighted by atomic mass is 19.1. The van der Waals surface area contributed by atoms with E-state index in [0.29, 0.717) is 30.5 Å². The molecule has 0 saturated carbocycles. The summed E-state index contributed by atoms with van der Waals surface area (Å²) in [6, 6.07) is 10.5. The van der Waals surface area contributed by atoms with E-state index in [2.05, 4.69) is 15.3 Å². The Kier molecular flexibility index (Phi) is 5.53. The van der Waals surface area contributed by atoms with Gasteiger partial charge in [0, 0.05) is 43.3 Å². The Morgan fingerprint density at radius 3 is 2.67 bits per heavy atom. The second kappa shape index (κ2) is 8.42. The third-order valence-electron chi connectivity index (χ3n) is 4.84. The van der Waals surface area contributed by atoms with Crippen molar-refractivity contribution in [2.24, 2.45) is 7.05 Å². The van der Waals surface area contributed by atoms with Crippen LogP contribution in [0.3, 0.4) is 0 Å². The molecule has 1 atom stereocenters. The van der Waals surface area contributed by atoms with Gasteiger partial charge >= 0.3 is 0 Å². The number of carbonyl (C=O) groups is 1. The van der Waals surface area contributed by atoms with Gasteiger partial charge in [-0.2, -0.15) is 0 Å². The van der Waals surface area contributed by atoms with Crippen LogP contribution >= 0.6 is 0 Å². The van der Waals surface area contributed by atoms with Crippen LogP contribution in [0.25, 0.3) is 11.3 Å². The van der Waals surface area contributed by atoms with E-state index in [1.807, 2.05) is 4.90 Å². The van der Waals surface area contributed by atoms with Gasteiger partial charge in [-0.1, -0.05) is 0 Å². The van der Waals surface area contributed by atoms with Gasteiger partial charge in [0.25, 0.3) is 11.5 Å². The molecular weight excluding hydrogens is 389 g/mol. The number of hydrogen-bond donors (Lipinski definition) is 1. The zero-order chi connectivity index (χ0) is 21.1. The van der Waals surface area contributed by atoms with Crippen molar-refractivity contribution in [2.45, 2.75) is 6.10 Å². The normalized spacial score (nSPS) is 16.3. The van der Waals surface area contributed by atoms with Crippen LogP contribution < -0.4 is 15.8 Å². The van der Waals surface area contributed by atoms with Crippen molar-refractivity contribution in [3.8, 4) is 11.3 Å². The van der Waals surface area contributed by atoms with Crippen molar-refractivity contribution < 1.29 is 13.9 Å². The lowest BCUT2D eigenvalue weighted by Crippen LogP contribution is -2.49. The van der Waals surface area contributed by atoms with Crippen LogP contribution in [0, 0.1) is 5.82 Å². The Balaban J connectivity index is 1.55. The van der Waals surface area contributed by atoms with Crippen molar-refractivity contribution in [2.75, 3.05) is 29.9 Å². The summed E-state index contributed by atoms with van der Waals surface area (Å²) in [6.07, 6.45) is 2.52. The number of rotatable bonds is 4. The molecule has 9 heteroatoms. The van der Waals surface area contributed by atoms with Gasteiger partial charge < -0.3 is 15.0 Å². The first kappa shape index (κ1) is 19.7. The van der Waals surface area contributed by atoms with Gasteiger partial charge in [0.2, 0.25) is 5.95 Å². The van der Waals surface area contributed by atoms with Crippen LogP contribution in [-0.4, -0.2) is 46.2 Å². The minimum absolute atomic E-state index is 0.203. The number of amides is 1. The molecule has 0 aliphatic carbocycles. The molecule has 3 heterocycles. The highest BCUT2D eigenvalue weighted by Crippen LogP contribution is 2.20. The van der Waals surface area contributed by atoms with Crippen LogP contribution in [0.4, 0.5) is 16.0 Å². The Hall–Kier alpha value is -3.59. The maximum atomic E-state index is 13.1. The van der Waals surface area contributed by atoms with Crippen molar-refractivity contribution in [3.63, 3.8) is 0 Å². The van der Waals surface area contributed by atoms with Gasteiger partial charge in [-0.15, -0.1) is 0 Å². The van der Waals surface area contributed by atoms with Gasteiger partial charge in [0.1, 0.15) is 5.82 Å². The number of nitrogens with one attached hydrogen (secondary N) is 1. The largest absolute Gasteiger partial charge is 0.365 e. The zero-order valence-corrected chi connectivity index (χ0v) is 16.3. The fourth-order valence-corrected chi connectivity index (χ4v) is 3.23. The molecule has 1 aliphatic heterocycles. The smallest absolute Gasteiger partial charge is 0.255 e. The van der Waals surface area contributed by atoms with Crippen LogP contribution in [0.5, 0.6) is 0 Å². The summed E-state index contributed by atoms with van der Waals surface area (Å²) in [5.41, 5.74) is 1.59. The maximum Gasteiger partial charge on any atom is 0.255 e. The Labute approximate surface area is 172 Å². The minimum atomic E-state index is -0.759. The number of hydrogen-bond acceptors (Lipinski definition) is 6. The maximum absolute atomic E-state index is 13.1. The fraction of sp³-hybridized carbons (Fsp3) is 0.238. The lowest BCUT2D eigenvalue weighted by molar-refractivity contribution is -0.128. The minimum Gasteiger partial charge on any atom is -0.365 e. The Morgan fingerprint density at radius 1 is 1.20 bits per heavy atom. The first-order valence-electron chi connectivity index (χ1n) is 9.43. The summed E-state index contributed by atoms with van der Waals surface area (Å²) >= 11 is 0. The number of morpholine rings is 1. The summed E-state index contributed by atoms with van der Waals surface area (Å²) < 4.78 is 20.1. The Morgan fingerprint density at radius 2 is 1.93 bits per heavy atom. The summed E-state index contributed by atoms with van der Waals surface area (Å²) in [7, 11) is 1.64. The van der Waals surface area contributed by atoms with Gasteiger partial charge in [0.05, 0.1) is 18.8 Å². The summed E-state index contributed by atoms with van der Waals surface area (Å²) in [5, 5.41) is 2.72. The van der Waals surface area contributed by atoms with E-state index in [1.54, 1.807) is 31.6 Å². The molecule has 1 aliphatic rings. The predicted molar refractivity (Wildman–Crippen MR) is 110 cm³/mol. The molecule has 1 aromatic carbocycles. The molecule has 154 valence electrons. The SMILES string of the molecule is Cn1c(N2CCOC(C(=O)Nc3ccc(F)cc3)C2)nc(-c2ccncc2)cc1=O. The number of carbonyl (C=O) groups excluding carboxylic acids is 1. The highest BCUT2D eigenvalue weighted by Gasteiger charge is 2.29. The molecule has 1 amide bonds. The van der Waals surface area contributed by atoms with Gasteiger partial charge in [0.15, 0.2) is 6.10 Å². The van der Waals surface area contributed by atoms with Crippen LogP contribution in [0.1, 0.15) is 0 Å². The lowest BCUT2D eigenvalue weighted by atomic mass is 10.2. The molecule has 1 unspecified atom stereocenters. The van der Waals surface area contributed by atoms with E-state index in [-0.39, 0.29) is 23.8 Å². The number of benzene rings is 1. The zero-order valence-electron chi connectivity index (χ0n) is 16.3. The van der Waals surface area contributed by atoms with Crippen molar-refractivity contribution in [1.29, 1.82) is 0 Å². The number of aromatic nitrogens is 3. The van der Waals surface area contributed by atoms with Crippen LogP contribution in [0.2, 0.25) is 0 Å². The van der Waals surface area contributed by atoms with Crippen molar-refractivity contribution >= 4 is 17.5 Å². The number of pyridine rings is 1. The third kappa shape index (κ3) is 4.20. The van der Waals surface area contributed by atoms with E-state index in [1.165, 1.54) is 34.9 Å². The predicted octanol–water partition coefficient (Wildman–Crippen LogP) is 1.83. The standard InChI is InChI=1S/C21H20FN5O3/c1-26-19(28)12-17(14-6-8-23-9-7-14)25-21(26)27-10-11-30-18(13-27)20(29)24-16-4-2-15(22)3-5-16/h2-9,12,18H,10-11,13H2,1H3,(H,24,29). The van der Waals surface area contributed by atoms with E-state index < -0.39 is 6.10 Å². The van der Waals surface area contributed by atoms with E-state index in [0.717, 1.165) is 5.56 Å².